The van der Waals surface area contributed by atoms with Crippen molar-refractivity contribution in [1.29, 1.82) is 5.26 Å². The molecule has 0 bridgehead atoms. The van der Waals surface area contributed by atoms with Crippen LogP contribution < -0.4 is 5.01 Å². The van der Waals surface area contributed by atoms with E-state index in [9.17, 15) is 10.1 Å². The molecule has 2 aromatic carbocycles. The summed E-state index contributed by atoms with van der Waals surface area (Å²) in [7, 11) is 5.30. The van der Waals surface area contributed by atoms with Crippen LogP contribution >= 0.6 is 0 Å². The van der Waals surface area contributed by atoms with E-state index in [1.807, 2.05) is 54.6 Å². The zero-order valence-corrected chi connectivity index (χ0v) is 15.4. The van der Waals surface area contributed by atoms with E-state index in [0.29, 0.717) is 28.2 Å². The Balaban J connectivity index is 2.12. The number of nitriles is 1. The molecule has 0 N–H and O–H groups in total. The topological polar surface area (TPSA) is 72.1 Å². The number of carbonyl (C=O) groups excluding carboxylic acids is 1. The molecule has 1 aliphatic heterocycles. The van der Waals surface area contributed by atoms with E-state index in [0.717, 1.165) is 5.56 Å². The van der Waals surface area contributed by atoms with Gasteiger partial charge in [-0.15, -0.1) is 5.10 Å². The van der Waals surface area contributed by atoms with Gasteiger partial charge in [0.1, 0.15) is 11.6 Å². The minimum absolute atomic E-state index is 0.295. The normalized spacial score (nSPS) is 15.7. The molecule has 0 fully saturated rings. The molecule has 6 heteroatoms. The molecule has 0 aromatic heterocycles. The summed E-state index contributed by atoms with van der Waals surface area (Å²) in [5.74, 6) is 0.139. The highest BCUT2D eigenvalue weighted by atomic mass is 16.2. The lowest BCUT2D eigenvalue weighted by atomic mass is 9.98. The molecular formula is C21H19N5O. The summed E-state index contributed by atoms with van der Waals surface area (Å²) in [6.45, 7) is 0. The number of aliphatic imine (C=N–C) groups is 1. The van der Waals surface area contributed by atoms with E-state index in [2.05, 4.69) is 16.2 Å². The third-order valence-corrected chi connectivity index (χ3v) is 4.09. The molecule has 134 valence electrons. The van der Waals surface area contributed by atoms with Gasteiger partial charge in [0.25, 0.3) is 5.91 Å². The second-order valence-corrected chi connectivity index (χ2v) is 6.14. The zero-order chi connectivity index (χ0) is 19.4. The highest BCUT2D eigenvalue weighted by Gasteiger charge is 2.35. The molecule has 0 radical (unpaired) electrons. The van der Waals surface area contributed by atoms with Gasteiger partial charge < -0.3 is 4.90 Å². The fourth-order valence-electron chi connectivity index (χ4n) is 2.82. The number of amides is 1. The summed E-state index contributed by atoms with van der Waals surface area (Å²) in [6.07, 6.45) is 1.73. The fraction of sp³-hybridized carbons (Fsp3) is 0.143. The number of nitrogens with zero attached hydrogens (tertiary/aromatic N) is 5. The number of allylic oxidation sites excluding steroid dienone is 1. The van der Waals surface area contributed by atoms with Crippen LogP contribution in [-0.2, 0) is 4.79 Å². The third kappa shape index (κ3) is 3.48. The van der Waals surface area contributed by atoms with Gasteiger partial charge in [-0.05, 0) is 23.3 Å². The molecule has 0 aliphatic carbocycles. The second-order valence-electron chi connectivity index (χ2n) is 6.14. The molecule has 2 aromatic rings. The van der Waals surface area contributed by atoms with Gasteiger partial charge in [0.2, 0.25) is 0 Å². The largest absolute Gasteiger partial charge is 0.361 e. The quantitative estimate of drug-likeness (QED) is 0.482. The summed E-state index contributed by atoms with van der Waals surface area (Å²) < 4.78 is 0. The number of amidine groups is 1. The van der Waals surface area contributed by atoms with Gasteiger partial charge in [0.15, 0.2) is 5.84 Å². The molecule has 1 aliphatic rings. The van der Waals surface area contributed by atoms with Crippen molar-refractivity contribution in [2.45, 2.75) is 0 Å². The smallest absolute Gasteiger partial charge is 0.283 e. The van der Waals surface area contributed by atoms with E-state index in [1.165, 1.54) is 5.01 Å². The molecular weight excluding hydrogens is 338 g/mol. The molecule has 27 heavy (non-hydrogen) atoms. The van der Waals surface area contributed by atoms with E-state index in [-0.39, 0.29) is 5.91 Å². The summed E-state index contributed by atoms with van der Waals surface area (Å²) in [6, 6.07) is 18.7. The molecule has 0 saturated heterocycles. The summed E-state index contributed by atoms with van der Waals surface area (Å²) in [5, 5.41) is 15.6. The average molecular weight is 357 g/mol. The molecule has 1 heterocycles. The van der Waals surface area contributed by atoms with Gasteiger partial charge in [0, 0.05) is 27.4 Å². The predicted octanol–water partition coefficient (Wildman–Crippen LogP) is 2.93. The van der Waals surface area contributed by atoms with Crippen LogP contribution in [0.25, 0.3) is 5.57 Å². The van der Waals surface area contributed by atoms with Crippen LogP contribution in [0.3, 0.4) is 0 Å². The van der Waals surface area contributed by atoms with E-state index < -0.39 is 0 Å². The van der Waals surface area contributed by atoms with E-state index >= 15 is 0 Å². The fourth-order valence-corrected chi connectivity index (χ4v) is 2.82. The van der Waals surface area contributed by atoms with Crippen molar-refractivity contribution < 1.29 is 4.79 Å². The summed E-state index contributed by atoms with van der Waals surface area (Å²) >= 11 is 0. The first kappa shape index (κ1) is 18.1. The minimum Gasteiger partial charge on any atom is -0.361 e. The Hall–Kier alpha value is -3.72. The summed E-state index contributed by atoms with van der Waals surface area (Å²) in [4.78, 5) is 18.8. The number of anilines is 1. The highest BCUT2D eigenvalue weighted by Crippen LogP contribution is 2.29. The van der Waals surface area contributed by atoms with E-state index in [4.69, 9.17) is 0 Å². The Morgan fingerprint density at radius 3 is 2.37 bits per heavy atom. The molecule has 6 nitrogen and oxygen atoms in total. The number of para-hydroxylation sites is 1. The summed E-state index contributed by atoms with van der Waals surface area (Å²) in [5.41, 5.74) is 2.84. The zero-order valence-electron chi connectivity index (χ0n) is 15.4. The van der Waals surface area contributed by atoms with Crippen LogP contribution in [0.15, 0.2) is 70.3 Å². The van der Waals surface area contributed by atoms with Gasteiger partial charge in [-0.1, -0.05) is 42.5 Å². The van der Waals surface area contributed by atoms with Crippen molar-refractivity contribution in [2.24, 2.45) is 10.1 Å². The lowest BCUT2D eigenvalue weighted by molar-refractivity contribution is -0.114. The Morgan fingerprint density at radius 2 is 1.81 bits per heavy atom. The number of hydrazone groups is 1. The van der Waals surface area contributed by atoms with E-state index in [1.54, 1.807) is 32.3 Å². The maximum Gasteiger partial charge on any atom is 0.283 e. The Labute approximate surface area is 158 Å². The number of rotatable bonds is 3. The lowest BCUT2D eigenvalue weighted by Gasteiger charge is -2.13. The Morgan fingerprint density at radius 1 is 1.15 bits per heavy atom. The molecule has 3 rings (SSSR count). The van der Waals surface area contributed by atoms with Crippen LogP contribution in [0.2, 0.25) is 0 Å². The van der Waals surface area contributed by atoms with Crippen LogP contribution in [0.4, 0.5) is 5.69 Å². The van der Waals surface area contributed by atoms with Crippen molar-refractivity contribution in [1.82, 2.24) is 4.90 Å². The lowest BCUT2D eigenvalue weighted by Crippen LogP contribution is -2.26. The molecule has 1 amide bonds. The highest BCUT2D eigenvalue weighted by molar-refractivity contribution is 6.34. The first-order valence-corrected chi connectivity index (χ1v) is 8.39. The Bertz CT molecular complexity index is 979. The standard InChI is InChI=1S/C21H19N5O/c1-23-14-15-9-11-16(12-10-15)18(13-22)19-20(25(2)3)24-26(21(19)27)17-7-5-4-6-8-17/h4-12,14H,1-3H3. The number of likely N-dealkylation sites (N-methyl/N-ethyl adjacent to an activating group) is 1. The molecule has 0 atom stereocenters. The first-order chi connectivity index (χ1) is 13.1. The maximum atomic E-state index is 13.1. The van der Waals surface area contributed by atoms with Gasteiger partial charge in [-0.25, -0.2) is 0 Å². The minimum atomic E-state index is -0.319. The number of carbonyl (C=O) groups is 1. The maximum absolute atomic E-state index is 13.1. The van der Waals surface area contributed by atoms with Crippen LogP contribution in [0.5, 0.6) is 0 Å². The van der Waals surface area contributed by atoms with Gasteiger partial charge in [-0.3, -0.25) is 9.79 Å². The van der Waals surface area contributed by atoms with Crippen molar-refractivity contribution in [3.05, 3.63) is 71.3 Å². The monoisotopic (exact) mass is 357 g/mol. The SMILES string of the molecule is CN=Cc1ccc(C(C#N)=C2C(=O)N(c3ccccc3)N=C2N(C)C)cc1. The molecule has 0 saturated carbocycles. The number of hydrogen-bond donors (Lipinski definition) is 0. The van der Waals surface area contributed by atoms with Gasteiger partial charge in [0.05, 0.1) is 11.3 Å². The number of benzene rings is 2. The molecule has 0 spiro atoms. The van der Waals surface area contributed by atoms with Crippen LogP contribution in [0, 0.1) is 11.3 Å². The number of hydrogen-bond acceptors (Lipinski definition) is 5. The van der Waals surface area contributed by atoms with Gasteiger partial charge >= 0.3 is 0 Å². The van der Waals surface area contributed by atoms with Crippen LogP contribution in [0.1, 0.15) is 11.1 Å². The van der Waals surface area contributed by atoms with Crippen molar-refractivity contribution in [3.8, 4) is 6.07 Å². The first-order valence-electron chi connectivity index (χ1n) is 8.39. The van der Waals surface area contributed by atoms with Crippen LogP contribution in [-0.4, -0.2) is 44.0 Å². The Kier molecular flexibility index (Phi) is 5.13. The molecule has 0 unspecified atom stereocenters. The van der Waals surface area contributed by atoms with Gasteiger partial charge in [-0.2, -0.15) is 10.3 Å². The van der Waals surface area contributed by atoms with Crippen molar-refractivity contribution in [2.75, 3.05) is 26.2 Å². The van der Waals surface area contributed by atoms with Crippen molar-refractivity contribution in [3.63, 3.8) is 0 Å². The average Bonchev–Trinajstić information content (AvgIpc) is 3.02. The third-order valence-electron chi connectivity index (χ3n) is 4.09. The second kappa shape index (κ2) is 7.67. The predicted molar refractivity (Wildman–Crippen MR) is 108 cm³/mol. The van der Waals surface area contributed by atoms with Crippen molar-refractivity contribution >= 4 is 29.2 Å².